The average Bonchev–Trinajstić information content (AvgIpc) is 2.63. The van der Waals surface area contributed by atoms with E-state index in [-0.39, 0.29) is 18.0 Å². The number of hydrogen-bond donors (Lipinski definition) is 0. The molecule has 1 heterocycles. The minimum absolute atomic E-state index is 0.161. The zero-order chi connectivity index (χ0) is 11.4. The van der Waals surface area contributed by atoms with E-state index in [9.17, 15) is 9.59 Å². The van der Waals surface area contributed by atoms with Crippen LogP contribution in [0.15, 0.2) is 12.5 Å². The molecule has 1 unspecified atom stereocenters. The zero-order valence-electron chi connectivity index (χ0n) is 9.06. The summed E-state index contributed by atoms with van der Waals surface area (Å²) in [5, 5.41) is 0. The van der Waals surface area contributed by atoms with Crippen LogP contribution in [0.2, 0.25) is 0 Å². The minimum atomic E-state index is -0.544. The van der Waals surface area contributed by atoms with Gasteiger partial charge in [0.05, 0.1) is 12.7 Å². The molecule has 0 radical (unpaired) electrons. The standard InChI is InChI=1S/C10H14N2O3/c1-7(15-3)9(13)4-10(14)8-5-12(2)6-11-8/h5-7H,4H2,1-3H3. The Morgan fingerprint density at radius 2 is 2.27 bits per heavy atom. The molecule has 0 saturated carbocycles. The van der Waals surface area contributed by atoms with Crippen molar-refractivity contribution in [2.45, 2.75) is 19.4 Å². The quantitative estimate of drug-likeness (QED) is 0.527. The van der Waals surface area contributed by atoms with Crippen molar-refractivity contribution in [1.82, 2.24) is 9.55 Å². The predicted octanol–water partition coefficient (Wildman–Crippen LogP) is 0.597. The van der Waals surface area contributed by atoms with Crippen molar-refractivity contribution in [2.24, 2.45) is 7.05 Å². The molecule has 0 spiro atoms. The number of carbonyl (C=O) groups is 2. The molecule has 0 aliphatic rings. The van der Waals surface area contributed by atoms with E-state index >= 15 is 0 Å². The van der Waals surface area contributed by atoms with Gasteiger partial charge >= 0.3 is 0 Å². The highest BCUT2D eigenvalue weighted by Crippen LogP contribution is 2.03. The molecule has 82 valence electrons. The molecule has 5 heteroatoms. The monoisotopic (exact) mass is 210 g/mol. The summed E-state index contributed by atoms with van der Waals surface area (Å²) in [7, 11) is 3.21. The fourth-order valence-electron chi connectivity index (χ4n) is 1.08. The zero-order valence-corrected chi connectivity index (χ0v) is 9.06. The largest absolute Gasteiger partial charge is 0.374 e. The fourth-order valence-corrected chi connectivity index (χ4v) is 1.08. The van der Waals surface area contributed by atoms with Crippen LogP contribution < -0.4 is 0 Å². The number of aryl methyl sites for hydroxylation is 1. The van der Waals surface area contributed by atoms with Gasteiger partial charge in [0.15, 0.2) is 11.6 Å². The number of Topliss-reactive ketones (excluding diaryl/α,β-unsaturated/α-hetero) is 2. The first kappa shape index (κ1) is 11.6. The summed E-state index contributed by atoms with van der Waals surface area (Å²) in [6.07, 6.45) is 2.41. The Labute approximate surface area is 88.1 Å². The first-order valence-electron chi connectivity index (χ1n) is 4.61. The van der Waals surface area contributed by atoms with Crippen LogP contribution in [0.4, 0.5) is 0 Å². The van der Waals surface area contributed by atoms with Crippen LogP contribution in [-0.4, -0.2) is 34.3 Å². The number of carbonyl (C=O) groups excluding carboxylic acids is 2. The van der Waals surface area contributed by atoms with Crippen molar-refractivity contribution in [3.63, 3.8) is 0 Å². The van der Waals surface area contributed by atoms with E-state index in [0.29, 0.717) is 5.69 Å². The van der Waals surface area contributed by atoms with Crippen LogP contribution in [0.25, 0.3) is 0 Å². The number of ether oxygens (including phenoxy) is 1. The molecular weight excluding hydrogens is 196 g/mol. The third-order valence-electron chi connectivity index (χ3n) is 2.13. The first-order chi connectivity index (χ1) is 7.04. The summed E-state index contributed by atoms with van der Waals surface area (Å²) < 4.78 is 6.49. The van der Waals surface area contributed by atoms with Gasteiger partial charge in [-0.05, 0) is 6.92 Å². The van der Waals surface area contributed by atoms with Crippen molar-refractivity contribution >= 4 is 11.6 Å². The van der Waals surface area contributed by atoms with Gasteiger partial charge in [0.1, 0.15) is 11.8 Å². The Hall–Kier alpha value is -1.49. The molecule has 1 rings (SSSR count). The molecule has 0 fully saturated rings. The van der Waals surface area contributed by atoms with Gasteiger partial charge in [0.25, 0.3) is 0 Å². The maximum Gasteiger partial charge on any atom is 0.190 e. The molecule has 1 aromatic rings. The van der Waals surface area contributed by atoms with Crippen molar-refractivity contribution in [3.8, 4) is 0 Å². The maximum absolute atomic E-state index is 11.5. The maximum atomic E-state index is 11.5. The van der Waals surface area contributed by atoms with E-state index in [4.69, 9.17) is 4.74 Å². The molecule has 5 nitrogen and oxygen atoms in total. The number of aromatic nitrogens is 2. The summed E-state index contributed by atoms with van der Waals surface area (Å²) in [4.78, 5) is 26.8. The van der Waals surface area contributed by atoms with Crippen molar-refractivity contribution in [3.05, 3.63) is 18.2 Å². The minimum Gasteiger partial charge on any atom is -0.374 e. The van der Waals surface area contributed by atoms with E-state index in [2.05, 4.69) is 4.98 Å². The van der Waals surface area contributed by atoms with Crippen LogP contribution in [-0.2, 0) is 16.6 Å². The lowest BCUT2D eigenvalue weighted by atomic mass is 10.1. The summed E-state index contributed by atoms with van der Waals surface area (Å²) in [5.74, 6) is -0.502. The summed E-state index contributed by atoms with van der Waals surface area (Å²) in [6.45, 7) is 1.62. The lowest BCUT2D eigenvalue weighted by Crippen LogP contribution is -2.22. The van der Waals surface area contributed by atoms with Gasteiger partial charge in [0, 0.05) is 20.4 Å². The lowest BCUT2D eigenvalue weighted by Gasteiger charge is -2.05. The second kappa shape index (κ2) is 4.84. The molecular formula is C10H14N2O3. The molecule has 0 aliphatic carbocycles. The summed E-state index contributed by atoms with van der Waals surface area (Å²) >= 11 is 0. The van der Waals surface area contributed by atoms with E-state index < -0.39 is 6.10 Å². The second-order valence-electron chi connectivity index (χ2n) is 3.37. The molecule has 0 amide bonds. The fraction of sp³-hybridized carbons (Fsp3) is 0.500. The Morgan fingerprint density at radius 3 is 2.73 bits per heavy atom. The van der Waals surface area contributed by atoms with Gasteiger partial charge in [0.2, 0.25) is 0 Å². The van der Waals surface area contributed by atoms with Gasteiger partial charge in [-0.25, -0.2) is 4.98 Å². The number of nitrogens with zero attached hydrogens (tertiary/aromatic N) is 2. The molecule has 0 saturated heterocycles. The highest BCUT2D eigenvalue weighted by molar-refractivity contribution is 6.08. The van der Waals surface area contributed by atoms with E-state index in [1.807, 2.05) is 0 Å². The van der Waals surface area contributed by atoms with E-state index in [1.54, 1.807) is 24.7 Å². The Morgan fingerprint density at radius 1 is 1.60 bits per heavy atom. The van der Waals surface area contributed by atoms with Crippen LogP contribution in [0.1, 0.15) is 23.8 Å². The lowest BCUT2D eigenvalue weighted by molar-refractivity contribution is -0.126. The van der Waals surface area contributed by atoms with Gasteiger partial charge in [-0.1, -0.05) is 0 Å². The van der Waals surface area contributed by atoms with E-state index in [0.717, 1.165) is 0 Å². The molecule has 15 heavy (non-hydrogen) atoms. The SMILES string of the molecule is COC(C)C(=O)CC(=O)c1cn(C)cn1. The molecule has 0 aromatic carbocycles. The Balaban J connectivity index is 2.60. The number of methoxy groups -OCH3 is 1. The number of rotatable bonds is 5. The van der Waals surface area contributed by atoms with Crippen LogP contribution >= 0.6 is 0 Å². The van der Waals surface area contributed by atoms with E-state index in [1.165, 1.54) is 13.4 Å². The van der Waals surface area contributed by atoms with Gasteiger partial charge in [-0.3, -0.25) is 9.59 Å². The molecule has 0 N–H and O–H groups in total. The number of ketones is 2. The molecule has 1 atom stereocenters. The van der Waals surface area contributed by atoms with Gasteiger partial charge in [-0.15, -0.1) is 0 Å². The van der Waals surface area contributed by atoms with Gasteiger partial charge in [-0.2, -0.15) is 0 Å². The third-order valence-corrected chi connectivity index (χ3v) is 2.13. The topological polar surface area (TPSA) is 61.2 Å². The number of hydrogen-bond acceptors (Lipinski definition) is 4. The highest BCUT2D eigenvalue weighted by Gasteiger charge is 2.18. The Bertz CT molecular complexity index is 370. The van der Waals surface area contributed by atoms with Crippen molar-refractivity contribution in [2.75, 3.05) is 7.11 Å². The van der Waals surface area contributed by atoms with Crippen molar-refractivity contribution in [1.29, 1.82) is 0 Å². The predicted molar refractivity (Wildman–Crippen MR) is 53.6 cm³/mol. The average molecular weight is 210 g/mol. The smallest absolute Gasteiger partial charge is 0.190 e. The highest BCUT2D eigenvalue weighted by atomic mass is 16.5. The summed E-state index contributed by atoms with van der Waals surface area (Å²) in [6, 6.07) is 0. The summed E-state index contributed by atoms with van der Waals surface area (Å²) in [5.41, 5.74) is 0.314. The number of imidazole rings is 1. The molecule has 0 aliphatic heterocycles. The molecule has 1 aromatic heterocycles. The second-order valence-corrected chi connectivity index (χ2v) is 3.37. The van der Waals surface area contributed by atoms with Gasteiger partial charge < -0.3 is 9.30 Å². The first-order valence-corrected chi connectivity index (χ1v) is 4.61. The van der Waals surface area contributed by atoms with Crippen LogP contribution in [0, 0.1) is 0 Å². The third kappa shape index (κ3) is 2.99. The Kier molecular flexibility index (Phi) is 3.74. The van der Waals surface area contributed by atoms with Crippen LogP contribution in [0.5, 0.6) is 0 Å². The molecule has 0 bridgehead atoms. The van der Waals surface area contributed by atoms with Crippen molar-refractivity contribution < 1.29 is 14.3 Å². The van der Waals surface area contributed by atoms with Crippen LogP contribution in [0.3, 0.4) is 0 Å². The normalized spacial score (nSPS) is 12.5.